The van der Waals surface area contributed by atoms with Crippen molar-refractivity contribution in [2.24, 2.45) is 10.9 Å². The van der Waals surface area contributed by atoms with E-state index in [0.717, 1.165) is 63.8 Å². The van der Waals surface area contributed by atoms with Gasteiger partial charge in [0.2, 0.25) is 0 Å². The Balaban J connectivity index is 2.18. The maximum Gasteiger partial charge on any atom is 0.191 e. The fraction of sp³-hybridized carbons (Fsp3) is 0.765. The highest BCUT2D eigenvalue weighted by atomic mass is 16.5. The molecule has 1 heterocycles. The molecule has 0 saturated carbocycles. The predicted octanol–water partition coefficient (Wildman–Crippen LogP) is 2.27. The third kappa shape index (κ3) is 9.23. The van der Waals surface area contributed by atoms with Crippen molar-refractivity contribution in [2.75, 3.05) is 32.8 Å². The largest absolute Gasteiger partial charge is 0.381 e. The summed E-state index contributed by atoms with van der Waals surface area (Å²) in [5, 5.41) is 13.6. The highest BCUT2D eigenvalue weighted by molar-refractivity contribution is 5.79. The molecule has 0 atom stereocenters. The summed E-state index contributed by atoms with van der Waals surface area (Å²) >= 11 is 0. The molecular formula is C17H33N5O. The minimum absolute atomic E-state index is 0.598. The SMILES string of the molecule is CCNC(=NCCCc1cn[nH]c1C)NCCCOCC(C)C. The third-order valence-corrected chi connectivity index (χ3v) is 3.36. The topological polar surface area (TPSA) is 74.3 Å². The van der Waals surface area contributed by atoms with Gasteiger partial charge in [0.05, 0.1) is 6.20 Å². The van der Waals surface area contributed by atoms with Gasteiger partial charge in [-0.15, -0.1) is 0 Å². The minimum atomic E-state index is 0.598. The van der Waals surface area contributed by atoms with Gasteiger partial charge in [-0.3, -0.25) is 10.1 Å². The van der Waals surface area contributed by atoms with Crippen molar-refractivity contribution < 1.29 is 4.74 Å². The van der Waals surface area contributed by atoms with Gasteiger partial charge in [0.1, 0.15) is 0 Å². The average Bonchev–Trinajstić information content (AvgIpc) is 2.92. The van der Waals surface area contributed by atoms with E-state index in [2.05, 4.69) is 53.5 Å². The Bertz CT molecular complexity index is 442. The second-order valence-electron chi connectivity index (χ2n) is 6.13. The summed E-state index contributed by atoms with van der Waals surface area (Å²) in [6.45, 7) is 12.7. The maximum atomic E-state index is 5.58. The second kappa shape index (κ2) is 11.9. The zero-order chi connectivity index (χ0) is 16.9. The van der Waals surface area contributed by atoms with Crippen LogP contribution < -0.4 is 10.6 Å². The van der Waals surface area contributed by atoms with Crippen molar-refractivity contribution in [1.82, 2.24) is 20.8 Å². The lowest BCUT2D eigenvalue weighted by Crippen LogP contribution is -2.38. The summed E-state index contributed by atoms with van der Waals surface area (Å²) in [6.07, 6.45) is 4.92. The Labute approximate surface area is 140 Å². The van der Waals surface area contributed by atoms with Gasteiger partial charge in [0.25, 0.3) is 0 Å². The van der Waals surface area contributed by atoms with Crippen molar-refractivity contribution in [3.8, 4) is 0 Å². The molecule has 3 N–H and O–H groups in total. The third-order valence-electron chi connectivity index (χ3n) is 3.36. The second-order valence-corrected chi connectivity index (χ2v) is 6.13. The summed E-state index contributed by atoms with van der Waals surface area (Å²) in [5.41, 5.74) is 2.43. The summed E-state index contributed by atoms with van der Waals surface area (Å²) in [5.74, 6) is 1.49. The van der Waals surface area contributed by atoms with Crippen LogP contribution in [0.25, 0.3) is 0 Å². The van der Waals surface area contributed by atoms with Crippen LogP contribution in [0.2, 0.25) is 0 Å². The van der Waals surface area contributed by atoms with Gasteiger partial charge in [-0.1, -0.05) is 13.8 Å². The van der Waals surface area contributed by atoms with Crippen LogP contribution in [-0.2, 0) is 11.2 Å². The summed E-state index contributed by atoms with van der Waals surface area (Å²) in [7, 11) is 0. The summed E-state index contributed by atoms with van der Waals surface area (Å²) in [4.78, 5) is 4.61. The van der Waals surface area contributed by atoms with E-state index < -0.39 is 0 Å². The van der Waals surface area contributed by atoms with Crippen LogP contribution in [0.3, 0.4) is 0 Å². The zero-order valence-corrected chi connectivity index (χ0v) is 15.1. The number of ether oxygens (including phenoxy) is 1. The average molecular weight is 323 g/mol. The van der Waals surface area contributed by atoms with Gasteiger partial charge >= 0.3 is 0 Å². The number of nitrogens with one attached hydrogen (secondary N) is 3. The van der Waals surface area contributed by atoms with Crippen LogP contribution in [0.5, 0.6) is 0 Å². The number of hydrogen-bond acceptors (Lipinski definition) is 3. The lowest BCUT2D eigenvalue weighted by Gasteiger charge is -2.12. The van der Waals surface area contributed by atoms with E-state index in [0.29, 0.717) is 5.92 Å². The summed E-state index contributed by atoms with van der Waals surface area (Å²) < 4.78 is 5.58. The number of H-pyrrole nitrogens is 1. The monoisotopic (exact) mass is 323 g/mol. The van der Waals surface area contributed by atoms with Gasteiger partial charge in [-0.2, -0.15) is 5.10 Å². The fourth-order valence-corrected chi connectivity index (χ4v) is 2.13. The minimum Gasteiger partial charge on any atom is -0.381 e. The highest BCUT2D eigenvalue weighted by Crippen LogP contribution is 2.05. The van der Waals surface area contributed by atoms with Gasteiger partial charge in [-0.05, 0) is 44.6 Å². The molecule has 0 aliphatic carbocycles. The molecule has 6 nitrogen and oxygen atoms in total. The van der Waals surface area contributed by atoms with Crippen LogP contribution in [0.4, 0.5) is 0 Å². The van der Waals surface area contributed by atoms with Crippen molar-refractivity contribution in [2.45, 2.75) is 47.0 Å². The molecule has 0 saturated heterocycles. The number of aliphatic imine (C=N–C) groups is 1. The van der Waals surface area contributed by atoms with Crippen LogP contribution >= 0.6 is 0 Å². The molecule has 0 bridgehead atoms. The number of hydrogen-bond donors (Lipinski definition) is 3. The molecule has 1 aromatic heterocycles. The van der Waals surface area contributed by atoms with Gasteiger partial charge < -0.3 is 15.4 Å². The van der Waals surface area contributed by atoms with Crippen molar-refractivity contribution in [1.29, 1.82) is 0 Å². The molecule has 1 rings (SSSR count). The van der Waals surface area contributed by atoms with Gasteiger partial charge in [0.15, 0.2) is 5.96 Å². The molecule has 132 valence electrons. The van der Waals surface area contributed by atoms with Crippen LogP contribution in [0.15, 0.2) is 11.2 Å². The van der Waals surface area contributed by atoms with Gasteiger partial charge in [0, 0.05) is 38.5 Å². The number of aromatic amines is 1. The maximum absolute atomic E-state index is 5.58. The lowest BCUT2D eigenvalue weighted by atomic mass is 10.1. The van der Waals surface area contributed by atoms with Gasteiger partial charge in [-0.25, -0.2) is 0 Å². The van der Waals surface area contributed by atoms with E-state index in [4.69, 9.17) is 4.74 Å². The Morgan fingerprint density at radius 2 is 2.17 bits per heavy atom. The quantitative estimate of drug-likeness (QED) is 0.332. The molecule has 0 amide bonds. The molecule has 0 spiro atoms. The fourth-order valence-electron chi connectivity index (χ4n) is 2.13. The van der Waals surface area contributed by atoms with E-state index in [1.165, 1.54) is 5.56 Å². The smallest absolute Gasteiger partial charge is 0.191 e. The Morgan fingerprint density at radius 3 is 2.83 bits per heavy atom. The van der Waals surface area contributed by atoms with E-state index in [1.807, 2.05) is 6.20 Å². The molecule has 0 unspecified atom stereocenters. The van der Waals surface area contributed by atoms with Crippen LogP contribution in [-0.4, -0.2) is 49.0 Å². The number of guanidine groups is 1. The van der Waals surface area contributed by atoms with E-state index in [-0.39, 0.29) is 0 Å². The number of aromatic nitrogens is 2. The molecule has 0 aliphatic heterocycles. The molecule has 0 fully saturated rings. The Kier molecular flexibility index (Phi) is 10.1. The number of aryl methyl sites for hydroxylation is 2. The first-order valence-electron chi connectivity index (χ1n) is 8.72. The first-order valence-corrected chi connectivity index (χ1v) is 8.72. The first-order chi connectivity index (χ1) is 11.1. The normalized spacial score (nSPS) is 12.0. The van der Waals surface area contributed by atoms with E-state index >= 15 is 0 Å². The Morgan fingerprint density at radius 1 is 1.35 bits per heavy atom. The molecule has 23 heavy (non-hydrogen) atoms. The molecule has 0 aromatic carbocycles. The summed E-state index contributed by atoms with van der Waals surface area (Å²) in [6, 6.07) is 0. The van der Waals surface area contributed by atoms with Crippen LogP contribution in [0, 0.1) is 12.8 Å². The molecule has 6 heteroatoms. The van der Waals surface area contributed by atoms with Crippen molar-refractivity contribution in [3.05, 3.63) is 17.5 Å². The first kappa shape index (κ1) is 19.5. The van der Waals surface area contributed by atoms with Crippen LogP contribution in [0.1, 0.15) is 44.9 Å². The Hall–Kier alpha value is -1.56. The molecule has 0 radical (unpaired) electrons. The lowest BCUT2D eigenvalue weighted by molar-refractivity contribution is 0.108. The predicted molar refractivity (Wildman–Crippen MR) is 95.9 cm³/mol. The number of rotatable bonds is 11. The molecule has 1 aromatic rings. The van der Waals surface area contributed by atoms with Crippen molar-refractivity contribution in [3.63, 3.8) is 0 Å². The zero-order valence-electron chi connectivity index (χ0n) is 15.1. The number of nitrogens with zero attached hydrogens (tertiary/aromatic N) is 2. The molecular weight excluding hydrogens is 290 g/mol. The van der Waals surface area contributed by atoms with Crippen molar-refractivity contribution >= 4 is 5.96 Å². The highest BCUT2D eigenvalue weighted by Gasteiger charge is 2.01. The van der Waals surface area contributed by atoms with E-state index in [1.54, 1.807) is 0 Å². The molecule has 0 aliphatic rings. The standard InChI is InChI=1S/C17H33N5O/c1-5-18-17(20-10-7-11-23-13-14(2)3)19-9-6-8-16-12-21-22-15(16)4/h12,14H,5-11,13H2,1-4H3,(H,21,22)(H2,18,19,20). The van der Waals surface area contributed by atoms with E-state index in [9.17, 15) is 0 Å².